The fourth-order valence-corrected chi connectivity index (χ4v) is 7.68. The van der Waals surface area contributed by atoms with Crippen molar-refractivity contribution in [3.05, 3.63) is 40.2 Å². The molecule has 1 aromatic heterocycles. The molecule has 4 rings (SSSR count). The number of thiophene rings is 1. The number of sulfonamides is 1. The molecule has 2 aromatic rings. The summed E-state index contributed by atoms with van der Waals surface area (Å²) in [5, 5.41) is 0.517. The molecule has 1 saturated heterocycles. The molecule has 10 heteroatoms. The van der Waals surface area contributed by atoms with E-state index in [9.17, 15) is 8.42 Å². The summed E-state index contributed by atoms with van der Waals surface area (Å²) in [4.78, 5) is 8.58. The second kappa shape index (κ2) is 7.68. The molecule has 2 N–H and O–H groups in total. The molecule has 0 aliphatic carbocycles. The zero-order chi connectivity index (χ0) is 20.8. The maximum atomic E-state index is 12.5. The van der Waals surface area contributed by atoms with Crippen LogP contribution in [-0.4, -0.2) is 56.1 Å². The third-order valence-corrected chi connectivity index (χ3v) is 9.99. The molecule has 0 amide bonds. The first-order valence-corrected chi connectivity index (χ1v) is 13.2. The van der Waals surface area contributed by atoms with E-state index in [4.69, 9.17) is 17.3 Å². The molecule has 2 aliphatic rings. The van der Waals surface area contributed by atoms with Crippen molar-refractivity contribution in [2.45, 2.75) is 12.5 Å². The lowest BCUT2D eigenvalue weighted by molar-refractivity contribution is 0.482. The molecule has 0 bridgehead atoms. The molecule has 6 nitrogen and oxygen atoms in total. The number of benzene rings is 1. The normalized spacial score (nSPS) is 24.4. The first kappa shape index (κ1) is 20.8. The minimum atomic E-state index is -3.54. The minimum absolute atomic E-state index is 0.0188. The summed E-state index contributed by atoms with van der Waals surface area (Å²) in [6, 6.07) is 10.3. The van der Waals surface area contributed by atoms with E-state index in [2.05, 4.69) is 34.2 Å². The summed E-state index contributed by atoms with van der Waals surface area (Å²) >= 11 is 10.0. The zero-order valence-electron chi connectivity index (χ0n) is 16.3. The second-order valence-corrected chi connectivity index (χ2v) is 12.1. The van der Waals surface area contributed by atoms with E-state index in [0.29, 0.717) is 9.90 Å². The van der Waals surface area contributed by atoms with Crippen molar-refractivity contribution in [2.24, 2.45) is 10.7 Å². The Morgan fingerprint density at radius 2 is 1.97 bits per heavy atom. The number of nitrogens with zero attached hydrogens (tertiary/aromatic N) is 3. The molecule has 156 valence electrons. The SMILES string of the molecule is CN1C(N)=N[C@](C)(c2sc(-c3cccc(N4CCSCC4)c3)cc2Cl)CS1(=O)=O. The Labute approximate surface area is 184 Å². The molecule has 29 heavy (non-hydrogen) atoms. The summed E-state index contributed by atoms with van der Waals surface area (Å²) in [6.45, 7) is 3.86. The highest BCUT2D eigenvalue weighted by Gasteiger charge is 2.42. The van der Waals surface area contributed by atoms with Crippen LogP contribution in [0.3, 0.4) is 0 Å². The minimum Gasteiger partial charge on any atom is -0.370 e. The van der Waals surface area contributed by atoms with Gasteiger partial charge in [0.1, 0.15) is 5.54 Å². The molecular weight excluding hydrogens is 448 g/mol. The van der Waals surface area contributed by atoms with Crippen molar-refractivity contribution < 1.29 is 8.42 Å². The van der Waals surface area contributed by atoms with E-state index in [0.717, 1.165) is 39.3 Å². The van der Waals surface area contributed by atoms with Gasteiger partial charge in [-0.2, -0.15) is 11.8 Å². The van der Waals surface area contributed by atoms with Crippen LogP contribution < -0.4 is 10.6 Å². The number of halogens is 1. The van der Waals surface area contributed by atoms with Gasteiger partial charge in [-0.25, -0.2) is 17.7 Å². The van der Waals surface area contributed by atoms with Gasteiger partial charge in [-0.05, 0) is 30.7 Å². The van der Waals surface area contributed by atoms with Crippen LogP contribution in [0.4, 0.5) is 5.69 Å². The summed E-state index contributed by atoms with van der Waals surface area (Å²) in [5.74, 6) is 2.09. The van der Waals surface area contributed by atoms with Crippen LogP contribution >= 0.6 is 34.7 Å². The lowest BCUT2D eigenvalue weighted by atomic mass is 10.0. The third-order valence-electron chi connectivity index (χ3n) is 5.25. The van der Waals surface area contributed by atoms with Crippen LogP contribution in [0.5, 0.6) is 0 Å². The zero-order valence-corrected chi connectivity index (χ0v) is 19.5. The van der Waals surface area contributed by atoms with Crippen LogP contribution in [0, 0.1) is 0 Å². The van der Waals surface area contributed by atoms with Gasteiger partial charge in [-0.15, -0.1) is 11.3 Å². The van der Waals surface area contributed by atoms with Gasteiger partial charge in [-0.3, -0.25) is 0 Å². The molecular formula is C19H23ClN4O2S3. The molecule has 3 heterocycles. The molecule has 2 aliphatic heterocycles. The number of rotatable bonds is 3. The molecule has 1 aromatic carbocycles. The molecule has 0 radical (unpaired) electrons. The van der Waals surface area contributed by atoms with Gasteiger partial charge in [0.05, 0.1) is 15.7 Å². The monoisotopic (exact) mass is 470 g/mol. The van der Waals surface area contributed by atoms with Crippen molar-refractivity contribution >= 4 is 56.4 Å². The Morgan fingerprint density at radius 3 is 2.66 bits per heavy atom. The Hall–Kier alpha value is -1.42. The van der Waals surface area contributed by atoms with Crippen molar-refractivity contribution in [1.82, 2.24) is 4.31 Å². The fourth-order valence-electron chi connectivity index (χ4n) is 3.62. The van der Waals surface area contributed by atoms with Crippen molar-refractivity contribution in [3.63, 3.8) is 0 Å². The lowest BCUT2D eigenvalue weighted by Gasteiger charge is -2.33. The van der Waals surface area contributed by atoms with Crippen LogP contribution in [0.2, 0.25) is 5.02 Å². The molecule has 1 fully saturated rings. The summed E-state index contributed by atoms with van der Waals surface area (Å²) < 4.78 is 26.0. The van der Waals surface area contributed by atoms with E-state index in [1.54, 1.807) is 6.92 Å². The van der Waals surface area contributed by atoms with Gasteiger partial charge in [0.2, 0.25) is 16.0 Å². The van der Waals surface area contributed by atoms with Gasteiger partial charge < -0.3 is 10.6 Å². The first-order valence-electron chi connectivity index (χ1n) is 9.24. The van der Waals surface area contributed by atoms with Crippen LogP contribution in [0.1, 0.15) is 11.8 Å². The molecule has 0 saturated carbocycles. The maximum absolute atomic E-state index is 12.5. The summed E-state index contributed by atoms with van der Waals surface area (Å²) in [5.41, 5.74) is 7.15. The third kappa shape index (κ3) is 3.97. The maximum Gasteiger partial charge on any atom is 0.239 e. The quantitative estimate of drug-likeness (QED) is 0.743. The van der Waals surface area contributed by atoms with E-state index in [-0.39, 0.29) is 11.7 Å². The number of thioether (sulfide) groups is 1. The standard InChI is InChI=1S/C19H23ClN4O2S3/c1-19(12-29(25,26)23(2)18(21)22-19)17-15(20)11-16(28-17)13-4-3-5-14(10-13)24-6-8-27-9-7-24/h3-5,10-11H,6-9,12H2,1-2H3,(H2,21,22)/t19-/m0/s1. The van der Waals surface area contributed by atoms with E-state index in [1.165, 1.54) is 24.1 Å². The molecule has 0 unspecified atom stereocenters. The van der Waals surface area contributed by atoms with Gasteiger partial charge in [0.25, 0.3) is 0 Å². The summed E-state index contributed by atoms with van der Waals surface area (Å²) in [6.07, 6.45) is 0. The predicted octanol–water partition coefficient (Wildman–Crippen LogP) is 3.43. The number of nitrogens with two attached hydrogens (primary N) is 1. The van der Waals surface area contributed by atoms with Crippen LogP contribution in [0.15, 0.2) is 35.3 Å². The second-order valence-electron chi connectivity index (χ2n) is 7.41. The average Bonchev–Trinajstić information content (AvgIpc) is 3.09. The summed E-state index contributed by atoms with van der Waals surface area (Å²) in [7, 11) is -2.13. The van der Waals surface area contributed by atoms with Gasteiger partial charge in [0.15, 0.2) is 0 Å². The smallest absolute Gasteiger partial charge is 0.239 e. The highest BCUT2D eigenvalue weighted by Crippen LogP contribution is 2.44. The Balaban J connectivity index is 1.70. The topological polar surface area (TPSA) is 79.0 Å². The number of aliphatic imine (C=N–C) groups is 1. The largest absolute Gasteiger partial charge is 0.370 e. The van der Waals surface area contributed by atoms with Gasteiger partial charge in [-0.1, -0.05) is 23.7 Å². The highest BCUT2D eigenvalue weighted by atomic mass is 35.5. The Morgan fingerprint density at radius 1 is 1.24 bits per heavy atom. The Bertz CT molecular complexity index is 1060. The van der Waals surface area contributed by atoms with E-state index < -0.39 is 15.6 Å². The van der Waals surface area contributed by atoms with E-state index >= 15 is 0 Å². The number of anilines is 1. The van der Waals surface area contributed by atoms with Crippen LogP contribution in [0.25, 0.3) is 10.4 Å². The highest BCUT2D eigenvalue weighted by molar-refractivity contribution is 7.99. The lowest BCUT2D eigenvalue weighted by Crippen LogP contribution is -2.50. The van der Waals surface area contributed by atoms with Crippen molar-refractivity contribution in [3.8, 4) is 10.4 Å². The average molecular weight is 471 g/mol. The van der Waals surface area contributed by atoms with Gasteiger partial charge in [0, 0.05) is 42.2 Å². The Kier molecular flexibility index (Phi) is 5.52. The number of hydrogen-bond donors (Lipinski definition) is 1. The first-order chi connectivity index (χ1) is 13.7. The number of hydrogen-bond acceptors (Lipinski definition) is 7. The number of guanidine groups is 1. The van der Waals surface area contributed by atoms with Crippen LogP contribution in [-0.2, 0) is 15.6 Å². The van der Waals surface area contributed by atoms with Crippen molar-refractivity contribution in [2.75, 3.05) is 42.3 Å². The molecule has 0 spiro atoms. The predicted molar refractivity (Wildman–Crippen MR) is 125 cm³/mol. The molecule has 1 atom stereocenters. The van der Waals surface area contributed by atoms with Crippen molar-refractivity contribution in [1.29, 1.82) is 0 Å². The fraction of sp³-hybridized carbons (Fsp3) is 0.421. The van der Waals surface area contributed by atoms with E-state index in [1.807, 2.05) is 17.8 Å². The van der Waals surface area contributed by atoms with Gasteiger partial charge >= 0.3 is 0 Å².